The maximum atomic E-state index is 10.3. The van der Waals surface area contributed by atoms with Crippen LogP contribution in [0.1, 0.15) is 29.5 Å². The van der Waals surface area contributed by atoms with E-state index in [1.54, 1.807) is 14.2 Å². The molecule has 0 N–H and O–H groups in total. The Hall–Kier alpha value is -3.16. The molecule has 0 atom stereocenters. The van der Waals surface area contributed by atoms with Gasteiger partial charge in [0.15, 0.2) is 11.5 Å². The zero-order valence-electron chi connectivity index (χ0n) is 21.3. The molecule has 0 bridgehead atoms. The summed E-state index contributed by atoms with van der Waals surface area (Å²) in [6, 6.07) is 29.1. The molecule has 3 rings (SSSR count). The Morgan fingerprint density at radius 2 is 1.32 bits per heavy atom. The van der Waals surface area contributed by atoms with Gasteiger partial charge in [0.05, 0.1) is 20.3 Å². The molecular formula is C28H32ClN2O6-. The van der Waals surface area contributed by atoms with Crippen LogP contribution in [0.5, 0.6) is 11.5 Å². The van der Waals surface area contributed by atoms with Gasteiger partial charge < -0.3 is 14.4 Å². The molecule has 0 saturated heterocycles. The van der Waals surface area contributed by atoms with Crippen LogP contribution in [0.3, 0.4) is 0 Å². The number of benzene rings is 3. The number of nitrogens with zero attached hydrogens (tertiary/aromatic N) is 2. The zero-order chi connectivity index (χ0) is 27.3. The maximum absolute atomic E-state index is 10.3. The summed E-state index contributed by atoms with van der Waals surface area (Å²) in [5.74, 6) is 1.51. The topological polar surface area (TPSA) is 138 Å². The van der Waals surface area contributed by atoms with Crippen molar-refractivity contribution in [2.24, 2.45) is 0 Å². The largest absolute Gasteiger partial charge is 0.493 e. The highest BCUT2D eigenvalue weighted by atomic mass is 35.7. The zero-order valence-corrected chi connectivity index (χ0v) is 22.0. The van der Waals surface area contributed by atoms with Gasteiger partial charge in [0, 0.05) is 6.54 Å². The highest BCUT2D eigenvalue weighted by Crippen LogP contribution is 2.36. The van der Waals surface area contributed by atoms with Crippen molar-refractivity contribution < 1.29 is 38.4 Å². The van der Waals surface area contributed by atoms with Crippen molar-refractivity contribution in [3.63, 3.8) is 0 Å². The van der Waals surface area contributed by atoms with Crippen molar-refractivity contribution in [3.8, 4) is 17.6 Å². The molecule has 0 aliphatic rings. The molecule has 0 saturated carbocycles. The van der Waals surface area contributed by atoms with E-state index >= 15 is 0 Å². The highest BCUT2D eigenvalue weighted by Gasteiger charge is 2.33. The van der Waals surface area contributed by atoms with Gasteiger partial charge in [-0.2, -0.15) is 5.26 Å². The van der Waals surface area contributed by atoms with E-state index in [0.717, 1.165) is 55.0 Å². The maximum Gasteiger partial charge on any atom is 0.160 e. The van der Waals surface area contributed by atoms with Crippen LogP contribution >= 0.6 is 0 Å². The lowest BCUT2D eigenvalue weighted by molar-refractivity contribution is -2.00. The van der Waals surface area contributed by atoms with Crippen molar-refractivity contribution in [1.29, 1.82) is 5.26 Å². The second kappa shape index (κ2) is 14.5. The average molecular weight is 528 g/mol. The monoisotopic (exact) mass is 527 g/mol. The molecule has 0 heterocycles. The molecule has 0 aliphatic carbocycles. The second-order valence-corrected chi connectivity index (χ2v) is 9.23. The van der Waals surface area contributed by atoms with Gasteiger partial charge in [-0.15, -0.1) is 10.2 Å². The molecule has 9 heteroatoms. The van der Waals surface area contributed by atoms with Gasteiger partial charge in [-0.05, 0) is 61.7 Å². The molecule has 8 nitrogen and oxygen atoms in total. The van der Waals surface area contributed by atoms with Gasteiger partial charge in [0.1, 0.15) is 5.41 Å². The second-order valence-electron chi connectivity index (χ2n) is 8.47. The molecule has 0 fully saturated rings. The smallest absolute Gasteiger partial charge is 0.160 e. The Kier molecular flexibility index (Phi) is 11.8. The minimum atomic E-state index is -4.94. The summed E-state index contributed by atoms with van der Waals surface area (Å²) in [6.07, 6.45) is 2.63. The van der Waals surface area contributed by atoms with Gasteiger partial charge >= 0.3 is 0 Å². The molecule has 0 unspecified atom stereocenters. The third-order valence-corrected chi connectivity index (χ3v) is 6.05. The van der Waals surface area contributed by atoms with Crippen LogP contribution < -0.4 is 28.1 Å². The minimum absolute atomic E-state index is 0.632. The number of likely N-dealkylation sites (N-methyl/N-ethyl adjacent to an activating group) is 1. The first-order chi connectivity index (χ1) is 17.6. The Morgan fingerprint density at radius 3 is 1.78 bits per heavy atom. The van der Waals surface area contributed by atoms with E-state index in [2.05, 4.69) is 48.3 Å². The van der Waals surface area contributed by atoms with Crippen LogP contribution in [-0.4, -0.2) is 39.3 Å². The Morgan fingerprint density at radius 1 is 0.811 bits per heavy atom. The number of hydrogen-bond acceptors (Lipinski definition) is 8. The molecule has 0 aromatic heterocycles. The van der Waals surface area contributed by atoms with E-state index in [0.29, 0.717) is 0 Å². The predicted molar refractivity (Wildman–Crippen MR) is 129 cm³/mol. The lowest BCUT2D eigenvalue weighted by Crippen LogP contribution is -2.68. The van der Waals surface area contributed by atoms with Gasteiger partial charge in [-0.25, -0.2) is 18.6 Å². The van der Waals surface area contributed by atoms with Crippen molar-refractivity contribution in [1.82, 2.24) is 4.90 Å². The summed E-state index contributed by atoms with van der Waals surface area (Å²) in [5.41, 5.74) is 2.70. The number of rotatable bonds is 11. The molecule has 0 spiro atoms. The quantitative estimate of drug-likeness (QED) is 0.355. The van der Waals surface area contributed by atoms with Crippen LogP contribution in [0.4, 0.5) is 0 Å². The molecule has 0 radical (unpaired) electrons. The summed E-state index contributed by atoms with van der Waals surface area (Å²) in [4.78, 5) is 2.33. The lowest BCUT2D eigenvalue weighted by atomic mass is 9.72. The Balaban J connectivity index is 0.000000877. The molecule has 3 aromatic carbocycles. The molecule has 0 aliphatic heterocycles. The normalized spacial score (nSPS) is 11.3. The lowest BCUT2D eigenvalue weighted by Gasteiger charge is -2.29. The summed E-state index contributed by atoms with van der Waals surface area (Å²) in [5, 5.41) is 10.3. The molecule has 37 heavy (non-hydrogen) atoms. The van der Waals surface area contributed by atoms with E-state index in [9.17, 15) is 5.26 Å². The highest BCUT2D eigenvalue weighted by molar-refractivity contribution is 5.46. The molecular weight excluding hydrogens is 496 g/mol. The van der Waals surface area contributed by atoms with Gasteiger partial charge in [0.25, 0.3) is 0 Å². The molecule has 3 aromatic rings. The van der Waals surface area contributed by atoms with Crippen molar-refractivity contribution >= 4 is 0 Å². The summed E-state index contributed by atoms with van der Waals surface area (Å²) in [7, 11) is 0.506. The first-order valence-electron chi connectivity index (χ1n) is 11.7. The number of ether oxygens (including phenoxy) is 2. The Labute approximate surface area is 220 Å². The van der Waals surface area contributed by atoms with E-state index in [4.69, 9.17) is 28.1 Å². The SMILES string of the molecule is COc1ccc(CCN(C)CCCC(C#N)(c2ccccc2)c2ccccc2)cc1OC.[O-][Cl+3]([O-])([O-])[O-]. The third-order valence-electron chi connectivity index (χ3n) is 6.05. The molecule has 0 amide bonds. The standard InChI is InChI=1S/C28H32N2O2.ClHO4/c1-30(20-17-23-15-16-26(31-2)27(21-23)32-3)19-10-18-28(22-29,24-11-6-4-7-12-24)25-13-8-5-9-14-25;2-1(3,4)5/h4-9,11-16,21H,10,17-20H2,1-3H3;(H,2,3,4,5)/p-1. The predicted octanol–water partition coefficient (Wildman–Crippen LogP) is 0.712. The van der Waals surface area contributed by atoms with Crippen LogP contribution in [0.15, 0.2) is 78.9 Å². The fourth-order valence-electron chi connectivity index (χ4n) is 4.17. The number of methoxy groups -OCH3 is 2. The Bertz CT molecular complexity index is 1070. The number of nitriles is 1. The van der Waals surface area contributed by atoms with Crippen LogP contribution in [0, 0.1) is 21.6 Å². The first-order valence-corrected chi connectivity index (χ1v) is 12.9. The fourth-order valence-corrected chi connectivity index (χ4v) is 4.17. The van der Waals surface area contributed by atoms with Crippen LogP contribution in [0.25, 0.3) is 0 Å². The van der Waals surface area contributed by atoms with Crippen molar-refractivity contribution in [2.75, 3.05) is 34.4 Å². The van der Waals surface area contributed by atoms with E-state index in [1.165, 1.54) is 5.56 Å². The van der Waals surface area contributed by atoms with E-state index in [1.807, 2.05) is 48.5 Å². The number of halogens is 1. The summed E-state index contributed by atoms with van der Waals surface area (Å²) < 4.78 is 44.7. The van der Waals surface area contributed by atoms with Crippen LogP contribution in [0.2, 0.25) is 0 Å². The fraction of sp³-hybridized carbons (Fsp3) is 0.321. The van der Waals surface area contributed by atoms with Crippen molar-refractivity contribution in [2.45, 2.75) is 24.7 Å². The summed E-state index contributed by atoms with van der Waals surface area (Å²) >= 11 is 0. The van der Waals surface area contributed by atoms with E-state index in [-0.39, 0.29) is 0 Å². The van der Waals surface area contributed by atoms with E-state index < -0.39 is 15.7 Å². The minimum Gasteiger partial charge on any atom is -0.493 e. The summed E-state index contributed by atoms with van der Waals surface area (Å²) in [6.45, 7) is 1.86. The van der Waals surface area contributed by atoms with Gasteiger partial charge in [0.2, 0.25) is 0 Å². The number of hydrogen-bond donors (Lipinski definition) is 0. The third kappa shape index (κ3) is 9.67. The van der Waals surface area contributed by atoms with Gasteiger partial charge in [-0.1, -0.05) is 66.7 Å². The average Bonchev–Trinajstić information content (AvgIpc) is 2.90. The first kappa shape index (κ1) is 30.1. The van der Waals surface area contributed by atoms with Gasteiger partial charge in [-0.3, -0.25) is 0 Å². The molecule has 198 valence electrons. The van der Waals surface area contributed by atoms with Crippen LogP contribution in [-0.2, 0) is 11.8 Å². The van der Waals surface area contributed by atoms with Crippen molar-refractivity contribution in [3.05, 3.63) is 95.6 Å².